The van der Waals surface area contributed by atoms with Gasteiger partial charge >= 0.3 is 0 Å². The lowest BCUT2D eigenvalue weighted by Gasteiger charge is -2.24. The zero-order chi connectivity index (χ0) is 12.3. The van der Waals surface area contributed by atoms with Gasteiger partial charge in [-0.15, -0.1) is 0 Å². The van der Waals surface area contributed by atoms with Gasteiger partial charge in [0.25, 0.3) is 0 Å². The molecule has 0 radical (unpaired) electrons. The second-order valence-corrected chi connectivity index (χ2v) is 4.01. The molecule has 0 amide bonds. The monoisotopic (exact) mass is 243 g/mol. The summed E-state index contributed by atoms with van der Waals surface area (Å²) in [4.78, 5) is 0. The first-order chi connectivity index (χ1) is 8.20. The molecule has 17 heavy (non-hydrogen) atoms. The van der Waals surface area contributed by atoms with Crippen LogP contribution in [0, 0.1) is 11.6 Å². The van der Waals surface area contributed by atoms with Gasteiger partial charge in [-0.1, -0.05) is 0 Å². The highest BCUT2D eigenvalue weighted by Gasteiger charge is 2.19. The molecule has 94 valence electrons. The molecule has 2 N–H and O–H groups in total. The molecule has 3 nitrogen and oxygen atoms in total. The summed E-state index contributed by atoms with van der Waals surface area (Å²) in [5.74, 6) is -1.26. The maximum atomic E-state index is 13.6. The molecule has 1 saturated heterocycles. The number of hydrogen-bond acceptors (Lipinski definition) is 3. The summed E-state index contributed by atoms with van der Waals surface area (Å²) in [5, 5.41) is 0. The number of ether oxygens (including phenoxy) is 2. The Morgan fingerprint density at radius 3 is 2.65 bits per heavy atom. The Bertz CT molecular complexity index is 392. The van der Waals surface area contributed by atoms with E-state index in [1.807, 2.05) is 0 Å². The largest absolute Gasteiger partial charge is 0.487 e. The normalized spacial score (nSPS) is 17.1. The van der Waals surface area contributed by atoms with Crippen molar-refractivity contribution in [1.82, 2.24) is 0 Å². The van der Waals surface area contributed by atoms with E-state index in [2.05, 4.69) is 0 Å². The van der Waals surface area contributed by atoms with Gasteiger partial charge in [0, 0.05) is 31.0 Å². The van der Waals surface area contributed by atoms with Crippen molar-refractivity contribution in [2.24, 2.45) is 5.73 Å². The van der Waals surface area contributed by atoms with E-state index < -0.39 is 11.6 Å². The summed E-state index contributed by atoms with van der Waals surface area (Å²) in [6, 6.07) is 2.02. The maximum absolute atomic E-state index is 13.6. The zero-order valence-corrected chi connectivity index (χ0v) is 9.42. The molecule has 1 aliphatic rings. The highest BCUT2D eigenvalue weighted by molar-refractivity contribution is 5.35. The number of halogens is 2. The predicted octanol–water partition coefficient (Wildman–Crippen LogP) is 1.98. The van der Waals surface area contributed by atoms with E-state index in [-0.39, 0.29) is 18.4 Å². The highest BCUT2D eigenvalue weighted by atomic mass is 19.1. The van der Waals surface area contributed by atoms with E-state index in [4.69, 9.17) is 15.2 Å². The van der Waals surface area contributed by atoms with E-state index in [0.717, 1.165) is 6.07 Å². The lowest BCUT2D eigenvalue weighted by Crippen LogP contribution is -2.26. The Morgan fingerprint density at radius 2 is 2.00 bits per heavy atom. The molecule has 1 aromatic rings. The lowest BCUT2D eigenvalue weighted by molar-refractivity contribution is 0.0235. The van der Waals surface area contributed by atoms with Crippen LogP contribution in [0.4, 0.5) is 8.78 Å². The molecule has 0 atom stereocenters. The first kappa shape index (κ1) is 12.3. The second kappa shape index (κ2) is 5.42. The molecular formula is C12H15F2NO2. The van der Waals surface area contributed by atoms with Crippen molar-refractivity contribution >= 4 is 0 Å². The molecule has 1 fully saturated rings. The highest BCUT2D eigenvalue weighted by Crippen LogP contribution is 2.27. The Morgan fingerprint density at radius 1 is 1.29 bits per heavy atom. The van der Waals surface area contributed by atoms with Gasteiger partial charge in [0.05, 0.1) is 13.2 Å². The van der Waals surface area contributed by atoms with E-state index in [1.165, 1.54) is 6.07 Å². The van der Waals surface area contributed by atoms with Crippen molar-refractivity contribution in [2.75, 3.05) is 13.2 Å². The van der Waals surface area contributed by atoms with Crippen LogP contribution in [0.25, 0.3) is 0 Å². The SMILES string of the molecule is NCc1cc(F)cc(F)c1OC1CCOCC1. The van der Waals surface area contributed by atoms with Crippen LogP contribution in [0.1, 0.15) is 18.4 Å². The Hall–Kier alpha value is -1.20. The van der Waals surface area contributed by atoms with Gasteiger partial charge in [-0.05, 0) is 6.07 Å². The smallest absolute Gasteiger partial charge is 0.168 e. The Labute approximate surface area is 98.5 Å². The zero-order valence-electron chi connectivity index (χ0n) is 9.42. The van der Waals surface area contributed by atoms with Crippen LogP contribution in [0.3, 0.4) is 0 Å². The maximum Gasteiger partial charge on any atom is 0.168 e. The van der Waals surface area contributed by atoms with Gasteiger partial charge in [0.15, 0.2) is 11.6 Å². The molecule has 1 heterocycles. The number of nitrogens with two attached hydrogens (primary N) is 1. The summed E-state index contributed by atoms with van der Waals surface area (Å²) >= 11 is 0. The van der Waals surface area contributed by atoms with Gasteiger partial charge in [0.1, 0.15) is 11.9 Å². The van der Waals surface area contributed by atoms with Crippen LogP contribution >= 0.6 is 0 Å². The molecule has 0 bridgehead atoms. The van der Waals surface area contributed by atoms with Crippen molar-refractivity contribution in [3.63, 3.8) is 0 Å². The van der Waals surface area contributed by atoms with Crippen LogP contribution in [0.2, 0.25) is 0 Å². The Kier molecular flexibility index (Phi) is 3.91. The summed E-state index contributed by atoms with van der Waals surface area (Å²) in [5.41, 5.74) is 5.81. The van der Waals surface area contributed by atoms with Crippen LogP contribution < -0.4 is 10.5 Å². The summed E-state index contributed by atoms with van der Waals surface area (Å²) < 4.78 is 37.3. The van der Waals surface area contributed by atoms with Crippen LogP contribution in [0.5, 0.6) is 5.75 Å². The molecule has 0 aromatic heterocycles. The van der Waals surface area contributed by atoms with E-state index in [0.29, 0.717) is 31.6 Å². The van der Waals surface area contributed by atoms with Gasteiger partial charge in [-0.3, -0.25) is 0 Å². The molecule has 1 aromatic carbocycles. The lowest BCUT2D eigenvalue weighted by atomic mass is 10.1. The summed E-state index contributed by atoms with van der Waals surface area (Å²) in [6.45, 7) is 1.25. The predicted molar refractivity (Wildman–Crippen MR) is 58.7 cm³/mol. The molecule has 2 rings (SSSR count). The van der Waals surface area contributed by atoms with Gasteiger partial charge in [-0.25, -0.2) is 8.78 Å². The standard InChI is InChI=1S/C12H15F2NO2/c13-9-5-8(7-15)12(11(14)6-9)17-10-1-3-16-4-2-10/h5-6,10H,1-4,7,15H2. The molecule has 0 saturated carbocycles. The van der Waals surface area contributed by atoms with E-state index in [9.17, 15) is 8.78 Å². The fraction of sp³-hybridized carbons (Fsp3) is 0.500. The van der Waals surface area contributed by atoms with E-state index >= 15 is 0 Å². The summed E-state index contributed by atoms with van der Waals surface area (Å²) in [7, 11) is 0. The third-order valence-corrected chi connectivity index (χ3v) is 2.76. The van der Waals surface area contributed by atoms with Crippen LogP contribution in [-0.2, 0) is 11.3 Å². The van der Waals surface area contributed by atoms with Crippen molar-refractivity contribution in [1.29, 1.82) is 0 Å². The second-order valence-electron chi connectivity index (χ2n) is 4.01. The quantitative estimate of drug-likeness (QED) is 0.882. The fourth-order valence-corrected chi connectivity index (χ4v) is 1.86. The van der Waals surface area contributed by atoms with Gasteiger partial charge < -0.3 is 15.2 Å². The van der Waals surface area contributed by atoms with Gasteiger partial charge in [0.2, 0.25) is 0 Å². The van der Waals surface area contributed by atoms with Crippen molar-refractivity contribution in [3.05, 3.63) is 29.3 Å². The minimum Gasteiger partial charge on any atom is -0.487 e. The first-order valence-corrected chi connectivity index (χ1v) is 5.63. The van der Waals surface area contributed by atoms with Crippen LogP contribution in [-0.4, -0.2) is 19.3 Å². The Balaban J connectivity index is 2.18. The summed E-state index contributed by atoms with van der Waals surface area (Å²) in [6.07, 6.45) is 1.33. The molecule has 1 aliphatic heterocycles. The molecule has 0 aliphatic carbocycles. The minimum absolute atomic E-state index is 0.0488. The van der Waals surface area contributed by atoms with Crippen LogP contribution in [0.15, 0.2) is 12.1 Å². The first-order valence-electron chi connectivity index (χ1n) is 5.63. The third-order valence-electron chi connectivity index (χ3n) is 2.76. The number of benzene rings is 1. The van der Waals surface area contributed by atoms with Crippen molar-refractivity contribution in [3.8, 4) is 5.75 Å². The molecule has 0 unspecified atom stereocenters. The molecule has 5 heteroatoms. The number of hydrogen-bond donors (Lipinski definition) is 1. The molecular weight excluding hydrogens is 228 g/mol. The third kappa shape index (κ3) is 2.92. The van der Waals surface area contributed by atoms with Gasteiger partial charge in [-0.2, -0.15) is 0 Å². The average molecular weight is 243 g/mol. The fourth-order valence-electron chi connectivity index (χ4n) is 1.86. The van der Waals surface area contributed by atoms with Crippen molar-refractivity contribution < 1.29 is 18.3 Å². The average Bonchev–Trinajstić information content (AvgIpc) is 2.33. The minimum atomic E-state index is -0.697. The van der Waals surface area contributed by atoms with Crippen molar-refractivity contribution in [2.45, 2.75) is 25.5 Å². The van der Waals surface area contributed by atoms with E-state index in [1.54, 1.807) is 0 Å². The molecule has 0 spiro atoms. The topological polar surface area (TPSA) is 44.5 Å². The number of rotatable bonds is 3.